The van der Waals surface area contributed by atoms with E-state index in [9.17, 15) is 0 Å². The minimum atomic E-state index is 0. The van der Waals surface area contributed by atoms with Crippen LogP contribution in [0.15, 0.2) is 24.5 Å². The van der Waals surface area contributed by atoms with Gasteiger partial charge in [0.15, 0.2) is 12.4 Å². The van der Waals surface area contributed by atoms with Crippen LogP contribution in [0.5, 0.6) is 0 Å². The summed E-state index contributed by atoms with van der Waals surface area (Å²) in [5.41, 5.74) is 1.34. The molecule has 80 valence electrons. The summed E-state index contributed by atoms with van der Waals surface area (Å²) < 4.78 is 2.27. The maximum atomic E-state index is 2.27. The maximum Gasteiger partial charge on any atom is 0.169 e. The topological polar surface area (TPSA) is 3.88 Å². The Morgan fingerprint density at radius 1 is 1.07 bits per heavy atom. The molecule has 14 heavy (non-hydrogen) atoms. The van der Waals surface area contributed by atoms with E-state index in [1.165, 1.54) is 37.8 Å². The molecule has 0 atom stereocenters. The largest absolute Gasteiger partial charge is 1.00 e. The molecule has 0 bridgehead atoms. The molecule has 0 saturated carbocycles. The molecule has 0 spiro atoms. The van der Waals surface area contributed by atoms with E-state index < -0.39 is 0 Å². The quantitative estimate of drug-likeness (QED) is 0.474. The molecular formula is C12H20ClN. The molecule has 0 radical (unpaired) electrons. The molecule has 0 aliphatic heterocycles. The van der Waals surface area contributed by atoms with Crippen LogP contribution in [0.25, 0.3) is 0 Å². The lowest BCUT2D eigenvalue weighted by Crippen LogP contribution is -3.00. The summed E-state index contributed by atoms with van der Waals surface area (Å²) in [6.45, 7) is 5.54. The van der Waals surface area contributed by atoms with E-state index in [4.69, 9.17) is 0 Å². The van der Waals surface area contributed by atoms with E-state index in [1.807, 2.05) is 0 Å². The Kier molecular flexibility index (Phi) is 7.50. The molecule has 1 nitrogen and oxygen atoms in total. The van der Waals surface area contributed by atoms with Gasteiger partial charge in [0.1, 0.15) is 6.54 Å². The normalized spacial score (nSPS) is 9.57. The number of pyridine rings is 1. The van der Waals surface area contributed by atoms with E-state index in [0.717, 1.165) is 0 Å². The summed E-state index contributed by atoms with van der Waals surface area (Å²) in [5.74, 6) is 0. The minimum Gasteiger partial charge on any atom is -1.00 e. The Morgan fingerprint density at radius 2 is 1.71 bits per heavy atom. The molecule has 0 aliphatic rings. The smallest absolute Gasteiger partial charge is 0.169 e. The first-order chi connectivity index (χ1) is 6.33. The number of aromatic nitrogens is 1. The molecule has 0 aromatic carbocycles. The first kappa shape index (κ1) is 13.4. The van der Waals surface area contributed by atoms with Crippen molar-refractivity contribution in [2.75, 3.05) is 0 Å². The zero-order chi connectivity index (χ0) is 9.52. The predicted molar refractivity (Wildman–Crippen MR) is 55.5 cm³/mol. The van der Waals surface area contributed by atoms with Gasteiger partial charge in [-0.3, -0.25) is 0 Å². The Morgan fingerprint density at radius 3 is 2.29 bits per heavy atom. The van der Waals surface area contributed by atoms with Crippen molar-refractivity contribution >= 4 is 0 Å². The predicted octanol–water partition coefficient (Wildman–Crippen LogP) is -0.133. The van der Waals surface area contributed by atoms with Crippen molar-refractivity contribution in [2.24, 2.45) is 0 Å². The van der Waals surface area contributed by atoms with Gasteiger partial charge in [0.25, 0.3) is 0 Å². The Bertz CT molecular complexity index is 231. The van der Waals surface area contributed by atoms with Crippen LogP contribution in [0.1, 0.15) is 38.2 Å². The summed E-state index contributed by atoms with van der Waals surface area (Å²) in [5, 5.41) is 0. The van der Waals surface area contributed by atoms with Crippen LogP contribution in [0.2, 0.25) is 0 Å². The van der Waals surface area contributed by atoms with Gasteiger partial charge < -0.3 is 12.4 Å². The fourth-order valence-corrected chi connectivity index (χ4v) is 1.40. The Labute approximate surface area is 93.6 Å². The van der Waals surface area contributed by atoms with Crippen LogP contribution in [0.3, 0.4) is 0 Å². The molecule has 0 unspecified atom stereocenters. The number of rotatable bonds is 5. The van der Waals surface area contributed by atoms with Crippen LogP contribution >= 0.6 is 0 Å². The minimum absolute atomic E-state index is 0. The number of unbranched alkanes of at least 4 members (excludes halogenated alkanes) is 3. The average molecular weight is 214 g/mol. The fraction of sp³-hybridized carbons (Fsp3) is 0.583. The molecule has 0 aliphatic carbocycles. The van der Waals surface area contributed by atoms with Crippen LogP contribution in [-0.2, 0) is 6.54 Å². The van der Waals surface area contributed by atoms with E-state index in [1.54, 1.807) is 0 Å². The molecule has 1 aromatic rings. The molecule has 2 heteroatoms. The van der Waals surface area contributed by atoms with Crippen molar-refractivity contribution in [3.63, 3.8) is 0 Å². The van der Waals surface area contributed by atoms with Gasteiger partial charge in [-0.05, 0) is 18.9 Å². The number of aryl methyl sites for hydroxylation is 2. The highest BCUT2D eigenvalue weighted by atomic mass is 35.5. The van der Waals surface area contributed by atoms with Gasteiger partial charge in [-0.1, -0.05) is 19.8 Å². The van der Waals surface area contributed by atoms with Crippen molar-refractivity contribution < 1.29 is 17.0 Å². The van der Waals surface area contributed by atoms with Crippen molar-refractivity contribution in [2.45, 2.75) is 46.1 Å². The molecule has 0 N–H and O–H groups in total. The summed E-state index contributed by atoms with van der Waals surface area (Å²) >= 11 is 0. The number of hydrogen-bond acceptors (Lipinski definition) is 0. The fourth-order valence-electron chi connectivity index (χ4n) is 1.40. The van der Waals surface area contributed by atoms with Gasteiger partial charge in [0.2, 0.25) is 0 Å². The van der Waals surface area contributed by atoms with E-state index in [-0.39, 0.29) is 12.4 Å². The zero-order valence-corrected chi connectivity index (χ0v) is 9.93. The third-order valence-corrected chi connectivity index (χ3v) is 2.33. The van der Waals surface area contributed by atoms with Gasteiger partial charge in [-0.25, -0.2) is 4.57 Å². The molecule has 0 amide bonds. The average Bonchev–Trinajstić information content (AvgIpc) is 2.15. The number of nitrogens with zero attached hydrogens (tertiary/aromatic N) is 1. The van der Waals surface area contributed by atoms with Gasteiger partial charge in [-0.15, -0.1) is 0 Å². The summed E-state index contributed by atoms with van der Waals surface area (Å²) in [6.07, 6.45) is 9.69. The standard InChI is InChI=1S/C12H20N.ClH/c1-3-4-5-6-9-13-10-7-12(2)8-11-13;/h7-8,10-11H,3-6,9H2,1-2H3;1H/q+1;/p-1. The summed E-state index contributed by atoms with van der Waals surface area (Å²) in [4.78, 5) is 0. The van der Waals surface area contributed by atoms with E-state index >= 15 is 0 Å². The van der Waals surface area contributed by atoms with Gasteiger partial charge in [-0.2, -0.15) is 0 Å². The highest BCUT2D eigenvalue weighted by Crippen LogP contribution is 1.98. The second-order valence-electron chi connectivity index (χ2n) is 3.67. The Hall–Kier alpha value is -0.560. The monoisotopic (exact) mass is 213 g/mol. The van der Waals surface area contributed by atoms with Crippen LogP contribution < -0.4 is 17.0 Å². The van der Waals surface area contributed by atoms with Crippen LogP contribution in [0.4, 0.5) is 0 Å². The number of halogens is 1. The van der Waals surface area contributed by atoms with Gasteiger partial charge in [0.05, 0.1) is 0 Å². The van der Waals surface area contributed by atoms with E-state index in [0.29, 0.717) is 0 Å². The molecule has 1 heterocycles. The van der Waals surface area contributed by atoms with Crippen molar-refractivity contribution in [3.8, 4) is 0 Å². The lowest BCUT2D eigenvalue weighted by Gasteiger charge is -1.97. The first-order valence-corrected chi connectivity index (χ1v) is 5.28. The molecule has 0 fully saturated rings. The molecule has 1 rings (SSSR count). The van der Waals surface area contributed by atoms with Gasteiger partial charge in [0, 0.05) is 18.6 Å². The van der Waals surface area contributed by atoms with Crippen LogP contribution in [-0.4, -0.2) is 0 Å². The van der Waals surface area contributed by atoms with Crippen molar-refractivity contribution in [1.82, 2.24) is 0 Å². The number of hydrogen-bond donors (Lipinski definition) is 0. The summed E-state index contributed by atoms with van der Waals surface area (Å²) in [6, 6.07) is 4.33. The van der Waals surface area contributed by atoms with Crippen molar-refractivity contribution in [1.29, 1.82) is 0 Å². The molecular weight excluding hydrogens is 194 g/mol. The highest BCUT2D eigenvalue weighted by Gasteiger charge is 1.97. The Balaban J connectivity index is 0.00000169. The second kappa shape index (κ2) is 7.81. The first-order valence-electron chi connectivity index (χ1n) is 5.28. The third-order valence-electron chi connectivity index (χ3n) is 2.33. The third kappa shape index (κ3) is 5.23. The van der Waals surface area contributed by atoms with Crippen molar-refractivity contribution in [3.05, 3.63) is 30.1 Å². The SMILES string of the molecule is CCCCCC[n+]1ccc(C)cc1.[Cl-]. The molecule has 0 saturated heterocycles. The van der Waals surface area contributed by atoms with Gasteiger partial charge >= 0.3 is 0 Å². The molecule has 1 aromatic heterocycles. The van der Waals surface area contributed by atoms with Crippen LogP contribution in [0, 0.1) is 6.92 Å². The lowest BCUT2D eigenvalue weighted by molar-refractivity contribution is -0.697. The van der Waals surface area contributed by atoms with E-state index in [2.05, 4.69) is 42.9 Å². The summed E-state index contributed by atoms with van der Waals surface area (Å²) in [7, 11) is 0. The highest BCUT2D eigenvalue weighted by molar-refractivity contribution is 5.03. The lowest BCUT2D eigenvalue weighted by atomic mass is 10.2. The zero-order valence-electron chi connectivity index (χ0n) is 9.17. The second-order valence-corrected chi connectivity index (χ2v) is 3.67. The maximum absolute atomic E-state index is 2.27.